The molecule has 0 amide bonds. The Balaban J connectivity index is 2.69. The normalized spacial score (nSPS) is 9.09. The van der Waals surface area contributed by atoms with Crippen LogP contribution in [0.15, 0.2) is 36.9 Å². The van der Waals surface area contributed by atoms with Gasteiger partial charge in [-0.1, -0.05) is 36.6 Å². The molecule has 0 aliphatic heterocycles. The van der Waals surface area contributed by atoms with Crippen molar-refractivity contribution in [1.82, 2.24) is 0 Å². The highest BCUT2D eigenvalue weighted by Crippen LogP contribution is 2.20. The van der Waals surface area contributed by atoms with Gasteiger partial charge in [0.1, 0.15) is 12.4 Å². The van der Waals surface area contributed by atoms with E-state index in [2.05, 4.69) is 6.58 Å². The van der Waals surface area contributed by atoms with Gasteiger partial charge in [0, 0.05) is 0 Å². The maximum absolute atomic E-state index is 11.0. The van der Waals surface area contributed by atoms with Gasteiger partial charge in [0.25, 0.3) is 0 Å². The maximum atomic E-state index is 11.0. The molecule has 1 rings (SSSR count). The van der Waals surface area contributed by atoms with Crippen LogP contribution in [0.3, 0.4) is 0 Å². The van der Waals surface area contributed by atoms with Gasteiger partial charge < -0.3 is 9.84 Å². The van der Waals surface area contributed by atoms with Crippen LogP contribution >= 0.6 is 0 Å². The number of hydrogen-bond acceptors (Lipinski definition) is 2. The molecule has 2 nitrogen and oxygen atoms in total. The molecule has 0 fully saturated rings. The average Bonchev–Trinajstić information content (AvgIpc) is 2.03. The van der Waals surface area contributed by atoms with Gasteiger partial charge in [-0.05, 0) is 6.07 Å². The Morgan fingerprint density at radius 3 is 2.82 bits per heavy atom. The smallest absolute Gasteiger partial charge is 0.111 e. The molecule has 2 heteroatoms. The zero-order chi connectivity index (χ0) is 8.10. The molecule has 0 saturated carbocycles. The van der Waals surface area contributed by atoms with Gasteiger partial charge >= 0.3 is 0 Å². The number of benzene rings is 1. The lowest BCUT2D eigenvalue weighted by molar-refractivity contribution is -0.270. The van der Waals surface area contributed by atoms with E-state index in [4.69, 9.17) is 4.74 Å². The summed E-state index contributed by atoms with van der Waals surface area (Å²) in [5.74, 6) is 0.293. The fraction of sp³-hybridized carbons (Fsp3) is 0.111. The van der Waals surface area contributed by atoms with E-state index in [9.17, 15) is 5.11 Å². The molecule has 0 spiro atoms. The summed E-state index contributed by atoms with van der Waals surface area (Å²) in [5, 5.41) is 11.0. The van der Waals surface area contributed by atoms with E-state index in [-0.39, 0.29) is 5.75 Å². The van der Waals surface area contributed by atoms with Crippen LogP contribution in [0, 0.1) is 0 Å². The Kier molecular flexibility index (Phi) is 2.55. The zero-order valence-corrected chi connectivity index (χ0v) is 6.12. The van der Waals surface area contributed by atoms with Crippen molar-refractivity contribution in [1.29, 1.82) is 0 Å². The third-order valence-electron chi connectivity index (χ3n) is 1.21. The minimum atomic E-state index is -0.0886. The predicted molar refractivity (Wildman–Crippen MR) is 41.6 cm³/mol. The Hall–Kier alpha value is -1.44. The maximum Gasteiger partial charge on any atom is 0.111 e. The van der Waals surface area contributed by atoms with Crippen LogP contribution < -0.4 is 9.84 Å². The molecule has 0 aliphatic carbocycles. The van der Waals surface area contributed by atoms with Crippen molar-refractivity contribution >= 4 is 0 Å². The lowest BCUT2D eigenvalue weighted by Gasteiger charge is -2.11. The second-order valence-corrected chi connectivity index (χ2v) is 2.05. The molecule has 0 aromatic heterocycles. The van der Waals surface area contributed by atoms with E-state index in [1.54, 1.807) is 24.3 Å². The SMILES string of the molecule is C=CCOc1ccccc1[O-]. The van der Waals surface area contributed by atoms with Crippen LogP contribution in [0.4, 0.5) is 0 Å². The number of rotatable bonds is 3. The standard InChI is InChI=1S/C9H10O2/c1-2-7-11-9-6-4-3-5-8(9)10/h2-6,10H,1,7H2/p-1. The Morgan fingerprint density at radius 1 is 1.45 bits per heavy atom. The third kappa shape index (κ3) is 2.00. The van der Waals surface area contributed by atoms with Crippen LogP contribution in [-0.4, -0.2) is 6.61 Å². The van der Waals surface area contributed by atoms with Crippen molar-refractivity contribution in [3.63, 3.8) is 0 Å². The first-order valence-corrected chi connectivity index (χ1v) is 3.34. The van der Waals surface area contributed by atoms with Gasteiger partial charge in [-0.15, -0.1) is 0 Å². The molecule has 1 aromatic rings. The summed E-state index contributed by atoms with van der Waals surface area (Å²) in [6.45, 7) is 3.85. The van der Waals surface area contributed by atoms with E-state index < -0.39 is 0 Å². The Bertz CT molecular complexity index is 243. The van der Waals surface area contributed by atoms with Gasteiger partial charge in [0.2, 0.25) is 0 Å². The Labute approximate surface area is 65.7 Å². The van der Waals surface area contributed by atoms with E-state index in [1.165, 1.54) is 6.07 Å². The lowest BCUT2D eigenvalue weighted by Crippen LogP contribution is -1.98. The summed E-state index contributed by atoms with van der Waals surface area (Å²) in [6.07, 6.45) is 1.60. The molecule has 0 N–H and O–H groups in total. The number of ether oxygens (including phenoxy) is 1. The van der Waals surface area contributed by atoms with E-state index >= 15 is 0 Å². The summed E-state index contributed by atoms with van der Waals surface area (Å²) in [5.41, 5.74) is 0. The molecular weight excluding hydrogens is 140 g/mol. The highest BCUT2D eigenvalue weighted by atomic mass is 16.5. The molecule has 0 aliphatic rings. The largest absolute Gasteiger partial charge is 0.870 e. The minimum Gasteiger partial charge on any atom is -0.870 e. The highest BCUT2D eigenvalue weighted by molar-refractivity contribution is 5.36. The van der Waals surface area contributed by atoms with Crippen molar-refractivity contribution in [2.75, 3.05) is 6.61 Å². The first-order valence-electron chi connectivity index (χ1n) is 3.34. The molecule has 0 radical (unpaired) electrons. The fourth-order valence-corrected chi connectivity index (χ4v) is 0.718. The van der Waals surface area contributed by atoms with Crippen LogP contribution in [0.2, 0.25) is 0 Å². The molecule has 0 unspecified atom stereocenters. The molecule has 11 heavy (non-hydrogen) atoms. The van der Waals surface area contributed by atoms with Crippen molar-refractivity contribution in [2.24, 2.45) is 0 Å². The number of para-hydroxylation sites is 2. The highest BCUT2D eigenvalue weighted by Gasteiger charge is 1.89. The van der Waals surface area contributed by atoms with Crippen LogP contribution in [-0.2, 0) is 0 Å². The van der Waals surface area contributed by atoms with Gasteiger partial charge in [0.15, 0.2) is 0 Å². The average molecular weight is 149 g/mol. The summed E-state index contributed by atoms with van der Waals surface area (Å²) in [4.78, 5) is 0. The van der Waals surface area contributed by atoms with Gasteiger partial charge in [0.05, 0.1) is 0 Å². The van der Waals surface area contributed by atoms with Gasteiger partial charge in [-0.2, -0.15) is 0 Å². The summed E-state index contributed by atoms with van der Waals surface area (Å²) < 4.78 is 5.06. The molecule has 0 bridgehead atoms. The van der Waals surface area contributed by atoms with Crippen molar-refractivity contribution in [2.45, 2.75) is 0 Å². The molecule has 0 atom stereocenters. The molecular formula is C9H9O2-. The van der Waals surface area contributed by atoms with E-state index in [1.807, 2.05) is 0 Å². The third-order valence-corrected chi connectivity index (χ3v) is 1.21. The van der Waals surface area contributed by atoms with Gasteiger partial charge in [-0.25, -0.2) is 0 Å². The first kappa shape index (κ1) is 7.66. The quantitative estimate of drug-likeness (QED) is 0.607. The molecule has 58 valence electrons. The molecule has 1 aromatic carbocycles. The fourth-order valence-electron chi connectivity index (χ4n) is 0.718. The Morgan fingerprint density at radius 2 is 2.18 bits per heavy atom. The molecule has 0 saturated heterocycles. The van der Waals surface area contributed by atoms with Crippen LogP contribution in [0.25, 0.3) is 0 Å². The lowest BCUT2D eigenvalue weighted by atomic mass is 10.3. The predicted octanol–water partition coefficient (Wildman–Crippen LogP) is 1.32. The van der Waals surface area contributed by atoms with E-state index in [0.29, 0.717) is 12.4 Å². The summed E-state index contributed by atoms with van der Waals surface area (Å²) in [6, 6.07) is 6.56. The van der Waals surface area contributed by atoms with Crippen molar-refractivity contribution in [3.05, 3.63) is 36.9 Å². The minimum absolute atomic E-state index is 0.0886. The van der Waals surface area contributed by atoms with Gasteiger partial charge in [-0.3, -0.25) is 0 Å². The van der Waals surface area contributed by atoms with E-state index in [0.717, 1.165) is 0 Å². The second-order valence-electron chi connectivity index (χ2n) is 2.05. The monoisotopic (exact) mass is 149 g/mol. The zero-order valence-electron chi connectivity index (χ0n) is 6.12. The molecule has 0 heterocycles. The topological polar surface area (TPSA) is 32.3 Å². The first-order chi connectivity index (χ1) is 5.34. The number of hydrogen-bond donors (Lipinski definition) is 0. The van der Waals surface area contributed by atoms with Crippen LogP contribution in [0.5, 0.6) is 11.5 Å². The summed E-state index contributed by atoms with van der Waals surface area (Å²) >= 11 is 0. The van der Waals surface area contributed by atoms with Crippen molar-refractivity contribution in [3.8, 4) is 11.5 Å². The van der Waals surface area contributed by atoms with Crippen molar-refractivity contribution < 1.29 is 9.84 Å². The summed E-state index contributed by atoms with van der Waals surface area (Å²) in [7, 11) is 0. The van der Waals surface area contributed by atoms with Crippen LogP contribution in [0.1, 0.15) is 0 Å². The second kappa shape index (κ2) is 3.66.